The fourth-order valence-electron chi connectivity index (χ4n) is 3.18. The molecule has 1 amide bonds. The van der Waals surface area contributed by atoms with Gasteiger partial charge in [0, 0.05) is 25.1 Å². The summed E-state index contributed by atoms with van der Waals surface area (Å²) >= 11 is 0. The molecule has 0 saturated heterocycles. The van der Waals surface area contributed by atoms with Crippen LogP contribution in [0, 0.1) is 13.8 Å². The van der Waals surface area contributed by atoms with Crippen LogP contribution in [0.25, 0.3) is 16.7 Å². The van der Waals surface area contributed by atoms with Gasteiger partial charge in [0.05, 0.1) is 17.2 Å². The summed E-state index contributed by atoms with van der Waals surface area (Å²) in [5, 5.41) is 3.35. The van der Waals surface area contributed by atoms with Gasteiger partial charge in [0.15, 0.2) is 0 Å². The number of pyridine rings is 1. The van der Waals surface area contributed by atoms with Gasteiger partial charge in [-0.2, -0.15) is 0 Å². The average molecular weight is 388 g/mol. The van der Waals surface area contributed by atoms with Crippen molar-refractivity contribution in [3.63, 3.8) is 0 Å². The minimum absolute atomic E-state index is 0.0890. The summed E-state index contributed by atoms with van der Waals surface area (Å²) in [5.74, 6) is 1.30. The Labute approximate surface area is 166 Å². The zero-order valence-electron chi connectivity index (χ0n) is 16.2. The predicted octanol–water partition coefficient (Wildman–Crippen LogP) is 1.91. The third-order valence-corrected chi connectivity index (χ3v) is 4.74. The summed E-state index contributed by atoms with van der Waals surface area (Å²) in [6, 6.07) is 9.17. The number of carbonyl (C=O) groups is 1. The Bertz CT molecular complexity index is 1260. The van der Waals surface area contributed by atoms with Gasteiger partial charge in [-0.15, -0.1) is 0 Å². The number of carbonyl (C=O) groups excluding carboxylic acids is 1. The van der Waals surface area contributed by atoms with Gasteiger partial charge in [0.25, 0.3) is 5.56 Å². The third kappa shape index (κ3) is 3.77. The molecule has 3 aromatic heterocycles. The van der Waals surface area contributed by atoms with Crippen molar-refractivity contribution in [3.05, 3.63) is 82.6 Å². The van der Waals surface area contributed by atoms with Crippen LogP contribution in [0.2, 0.25) is 0 Å². The van der Waals surface area contributed by atoms with Crippen molar-refractivity contribution in [1.82, 2.24) is 29.4 Å². The Morgan fingerprint density at radius 2 is 1.97 bits per heavy atom. The van der Waals surface area contributed by atoms with E-state index in [1.807, 2.05) is 48.9 Å². The smallest absolute Gasteiger partial charge is 0.261 e. The maximum Gasteiger partial charge on any atom is 0.261 e. The molecule has 8 nitrogen and oxygen atoms in total. The molecular formula is C21H20N6O2. The van der Waals surface area contributed by atoms with Crippen molar-refractivity contribution in [2.75, 3.05) is 0 Å². The summed E-state index contributed by atoms with van der Waals surface area (Å²) in [6.07, 6.45) is 6.66. The van der Waals surface area contributed by atoms with Crippen molar-refractivity contribution in [1.29, 1.82) is 0 Å². The van der Waals surface area contributed by atoms with Gasteiger partial charge in [-0.1, -0.05) is 12.1 Å². The second-order valence-corrected chi connectivity index (χ2v) is 6.79. The molecule has 8 heteroatoms. The highest BCUT2D eigenvalue weighted by Gasteiger charge is 2.10. The summed E-state index contributed by atoms with van der Waals surface area (Å²) in [4.78, 5) is 37.9. The molecule has 0 saturated carbocycles. The highest BCUT2D eigenvalue weighted by Crippen LogP contribution is 2.11. The van der Waals surface area contributed by atoms with Gasteiger partial charge >= 0.3 is 0 Å². The van der Waals surface area contributed by atoms with Crippen molar-refractivity contribution < 1.29 is 4.79 Å². The first kappa shape index (κ1) is 18.5. The van der Waals surface area contributed by atoms with E-state index in [4.69, 9.17) is 0 Å². The van der Waals surface area contributed by atoms with Crippen molar-refractivity contribution in [2.24, 2.45) is 0 Å². The number of amides is 1. The minimum Gasteiger partial charge on any atom is -0.350 e. The summed E-state index contributed by atoms with van der Waals surface area (Å²) < 4.78 is 3.19. The Kier molecular flexibility index (Phi) is 4.90. The molecule has 1 aromatic carbocycles. The molecular weight excluding hydrogens is 368 g/mol. The lowest BCUT2D eigenvalue weighted by Crippen LogP contribution is -2.32. The second-order valence-electron chi connectivity index (χ2n) is 6.79. The van der Waals surface area contributed by atoms with E-state index in [0.29, 0.717) is 17.4 Å². The van der Waals surface area contributed by atoms with Crippen LogP contribution in [0.1, 0.15) is 17.0 Å². The normalized spacial score (nSPS) is 11.0. The Balaban J connectivity index is 1.46. The molecule has 0 fully saturated rings. The van der Waals surface area contributed by atoms with E-state index in [0.717, 1.165) is 22.8 Å². The molecule has 0 unspecified atom stereocenters. The fraction of sp³-hybridized carbons (Fsp3) is 0.190. The van der Waals surface area contributed by atoms with Crippen LogP contribution in [0.15, 0.2) is 60.0 Å². The molecule has 4 rings (SSSR count). The number of rotatable bonds is 5. The van der Waals surface area contributed by atoms with Crippen molar-refractivity contribution in [2.45, 2.75) is 26.9 Å². The molecule has 3 heterocycles. The molecule has 0 spiro atoms. The molecule has 0 radical (unpaired) electrons. The third-order valence-electron chi connectivity index (χ3n) is 4.74. The van der Waals surface area contributed by atoms with Crippen LogP contribution < -0.4 is 10.9 Å². The number of aryl methyl sites for hydroxylation is 2. The van der Waals surface area contributed by atoms with Crippen molar-refractivity contribution >= 4 is 16.8 Å². The lowest BCUT2D eigenvalue weighted by Gasteiger charge is -2.10. The molecule has 0 bridgehead atoms. The molecule has 0 atom stereocenters. The van der Waals surface area contributed by atoms with Gasteiger partial charge in [-0.25, -0.2) is 15.0 Å². The first-order valence-corrected chi connectivity index (χ1v) is 9.19. The van der Waals surface area contributed by atoms with Crippen LogP contribution in [0.3, 0.4) is 0 Å². The average Bonchev–Trinajstić information content (AvgIpc) is 3.15. The second kappa shape index (κ2) is 7.67. The van der Waals surface area contributed by atoms with Gasteiger partial charge in [-0.05, 0) is 43.2 Å². The number of hydrogen-bond donors (Lipinski definition) is 1. The van der Waals surface area contributed by atoms with E-state index in [-0.39, 0.29) is 18.0 Å². The quantitative estimate of drug-likeness (QED) is 0.564. The van der Waals surface area contributed by atoms with E-state index in [9.17, 15) is 9.59 Å². The van der Waals surface area contributed by atoms with Crippen LogP contribution in [-0.2, 0) is 17.9 Å². The first-order chi connectivity index (χ1) is 14.0. The molecule has 0 aliphatic rings. The van der Waals surface area contributed by atoms with Gasteiger partial charge in [0.2, 0.25) is 5.91 Å². The monoisotopic (exact) mass is 388 g/mol. The van der Waals surface area contributed by atoms with Gasteiger partial charge in [-0.3, -0.25) is 18.7 Å². The summed E-state index contributed by atoms with van der Waals surface area (Å²) in [5.41, 5.74) is 2.26. The summed E-state index contributed by atoms with van der Waals surface area (Å²) in [6.45, 7) is 4.04. The molecule has 29 heavy (non-hydrogen) atoms. The number of nitrogens with one attached hydrogen (secondary N) is 1. The lowest BCUT2D eigenvalue weighted by atomic mass is 10.1. The van der Waals surface area contributed by atoms with E-state index < -0.39 is 0 Å². The van der Waals surface area contributed by atoms with Crippen LogP contribution >= 0.6 is 0 Å². The molecule has 4 aromatic rings. The fourth-order valence-corrected chi connectivity index (χ4v) is 3.18. The topological polar surface area (TPSA) is 94.7 Å². The van der Waals surface area contributed by atoms with E-state index in [2.05, 4.69) is 20.3 Å². The molecule has 0 aliphatic carbocycles. The van der Waals surface area contributed by atoms with Crippen LogP contribution in [0.4, 0.5) is 0 Å². The predicted molar refractivity (Wildman–Crippen MR) is 109 cm³/mol. The number of fused-ring (bicyclic) bond motifs is 1. The SMILES string of the molecule is Cc1cccc2c(=O)n(CC(=O)NCc3ccnc(-n4ccnc4C)c3)cnc12. The summed E-state index contributed by atoms with van der Waals surface area (Å²) in [7, 11) is 0. The van der Waals surface area contributed by atoms with Crippen LogP contribution in [0.5, 0.6) is 0 Å². The molecule has 0 aliphatic heterocycles. The number of hydrogen-bond acceptors (Lipinski definition) is 5. The maximum absolute atomic E-state index is 12.6. The standard InChI is InChI=1S/C21H20N6O2/c1-14-4-3-5-17-20(14)25-13-26(21(17)29)12-19(28)24-11-16-6-7-23-18(10-16)27-9-8-22-15(27)2/h3-10,13H,11-12H2,1-2H3,(H,24,28). The Hall–Kier alpha value is -3.81. The first-order valence-electron chi connectivity index (χ1n) is 9.19. The maximum atomic E-state index is 12.6. The zero-order valence-corrected chi connectivity index (χ0v) is 16.2. The number of aromatic nitrogens is 5. The lowest BCUT2D eigenvalue weighted by molar-refractivity contribution is -0.121. The minimum atomic E-state index is -0.266. The Morgan fingerprint density at radius 1 is 1.10 bits per heavy atom. The van der Waals surface area contributed by atoms with Crippen LogP contribution in [-0.4, -0.2) is 30.0 Å². The number of benzene rings is 1. The number of imidazole rings is 1. The largest absolute Gasteiger partial charge is 0.350 e. The van der Waals surface area contributed by atoms with Gasteiger partial charge in [0.1, 0.15) is 18.2 Å². The zero-order chi connectivity index (χ0) is 20.4. The van der Waals surface area contributed by atoms with Gasteiger partial charge < -0.3 is 5.32 Å². The highest BCUT2D eigenvalue weighted by molar-refractivity contribution is 5.81. The molecule has 146 valence electrons. The molecule has 1 N–H and O–H groups in total. The number of para-hydroxylation sites is 1. The highest BCUT2D eigenvalue weighted by atomic mass is 16.2. The Morgan fingerprint density at radius 3 is 2.76 bits per heavy atom. The van der Waals surface area contributed by atoms with Crippen molar-refractivity contribution in [3.8, 4) is 5.82 Å². The number of nitrogens with zero attached hydrogens (tertiary/aromatic N) is 5. The van der Waals surface area contributed by atoms with E-state index >= 15 is 0 Å². The van der Waals surface area contributed by atoms with E-state index in [1.54, 1.807) is 18.5 Å². The van der Waals surface area contributed by atoms with E-state index in [1.165, 1.54) is 10.9 Å².